The van der Waals surface area contributed by atoms with E-state index in [1.807, 2.05) is 24.5 Å². The Hall–Kier alpha value is -2.18. The summed E-state index contributed by atoms with van der Waals surface area (Å²) in [4.78, 5) is 24.3. The summed E-state index contributed by atoms with van der Waals surface area (Å²) >= 11 is 12.2. The third kappa shape index (κ3) is 3.91. The van der Waals surface area contributed by atoms with Gasteiger partial charge in [-0.25, -0.2) is 4.98 Å². The van der Waals surface area contributed by atoms with Crippen molar-refractivity contribution in [3.05, 3.63) is 40.4 Å². The molecule has 3 rings (SSSR count). The van der Waals surface area contributed by atoms with Crippen molar-refractivity contribution in [1.29, 1.82) is 0 Å². The Labute approximate surface area is 155 Å². The van der Waals surface area contributed by atoms with Crippen molar-refractivity contribution in [3.8, 4) is 0 Å². The summed E-state index contributed by atoms with van der Waals surface area (Å²) < 4.78 is 1.92. The van der Waals surface area contributed by atoms with Gasteiger partial charge in [0.2, 0.25) is 5.28 Å². The highest BCUT2D eigenvalue weighted by Crippen LogP contribution is 2.28. The number of nitrogens with one attached hydrogen (secondary N) is 1. The Morgan fingerprint density at radius 1 is 1.24 bits per heavy atom. The Morgan fingerprint density at radius 3 is 2.68 bits per heavy atom. The van der Waals surface area contributed by atoms with E-state index in [4.69, 9.17) is 23.2 Å². The van der Waals surface area contributed by atoms with Gasteiger partial charge in [-0.3, -0.25) is 4.79 Å². The zero-order chi connectivity index (χ0) is 18.1. The van der Waals surface area contributed by atoms with Crippen molar-refractivity contribution in [1.82, 2.24) is 19.5 Å². The minimum atomic E-state index is 0.0661. The topological polar surface area (TPSA) is 72.7 Å². The first-order chi connectivity index (χ1) is 11.8. The first kappa shape index (κ1) is 17.6. The molecule has 2 heterocycles. The van der Waals surface area contributed by atoms with Gasteiger partial charge in [0.05, 0.1) is 6.33 Å². The number of anilines is 2. The number of carbonyl (C=O) groups excluding carboxylic acids is 1. The highest BCUT2D eigenvalue weighted by molar-refractivity contribution is 6.31. The zero-order valence-corrected chi connectivity index (χ0v) is 15.6. The molecule has 0 amide bonds. The average Bonchev–Trinajstić information content (AvgIpc) is 2.89. The Balaban J connectivity index is 2.03. The molecule has 3 aromatic rings. The van der Waals surface area contributed by atoms with Crippen LogP contribution in [0.2, 0.25) is 10.3 Å². The van der Waals surface area contributed by atoms with Gasteiger partial charge in [0, 0.05) is 23.2 Å². The molecule has 2 aromatic heterocycles. The fourth-order valence-corrected chi connectivity index (χ4v) is 3.03. The fraction of sp³-hybridized carbons (Fsp3) is 0.294. The number of benzene rings is 1. The van der Waals surface area contributed by atoms with E-state index in [0.717, 1.165) is 5.56 Å². The summed E-state index contributed by atoms with van der Waals surface area (Å²) in [6.45, 7) is 5.62. The van der Waals surface area contributed by atoms with E-state index in [9.17, 15) is 4.79 Å². The van der Waals surface area contributed by atoms with E-state index < -0.39 is 0 Å². The number of carbonyl (C=O) groups is 1. The number of aromatic nitrogens is 4. The molecular formula is C17H17Cl2N5O. The smallest absolute Gasteiger partial charge is 0.226 e. The maximum absolute atomic E-state index is 11.4. The van der Waals surface area contributed by atoms with Gasteiger partial charge >= 0.3 is 0 Å². The molecule has 0 saturated heterocycles. The molecule has 1 N–H and O–H groups in total. The number of hydrogen-bond donors (Lipinski definition) is 1. The molecule has 0 aliphatic rings. The van der Waals surface area contributed by atoms with E-state index in [-0.39, 0.29) is 17.1 Å². The first-order valence-corrected chi connectivity index (χ1v) is 8.55. The lowest BCUT2D eigenvalue weighted by Gasteiger charge is -2.10. The van der Waals surface area contributed by atoms with Crippen molar-refractivity contribution in [2.24, 2.45) is 0 Å². The van der Waals surface area contributed by atoms with E-state index >= 15 is 0 Å². The van der Waals surface area contributed by atoms with Gasteiger partial charge in [0.25, 0.3) is 0 Å². The number of ketones is 1. The van der Waals surface area contributed by atoms with Crippen LogP contribution in [-0.2, 0) is 11.2 Å². The SMILES string of the molecule is CC(=O)Cc1cc(Cl)cc(Nc2nc(Cl)nc3c2ncn3C(C)C)c1. The van der Waals surface area contributed by atoms with Gasteiger partial charge in [-0.1, -0.05) is 11.6 Å². The largest absolute Gasteiger partial charge is 0.338 e. The van der Waals surface area contributed by atoms with Gasteiger partial charge in [-0.15, -0.1) is 0 Å². The van der Waals surface area contributed by atoms with Crippen molar-refractivity contribution in [2.75, 3.05) is 5.32 Å². The summed E-state index contributed by atoms with van der Waals surface area (Å²) in [5.41, 5.74) is 2.81. The van der Waals surface area contributed by atoms with E-state index in [2.05, 4.69) is 20.3 Å². The van der Waals surface area contributed by atoms with Gasteiger partial charge in [0.15, 0.2) is 17.0 Å². The van der Waals surface area contributed by atoms with Crippen molar-refractivity contribution < 1.29 is 4.79 Å². The Kier molecular flexibility index (Phi) is 4.92. The number of fused-ring (bicyclic) bond motifs is 1. The van der Waals surface area contributed by atoms with Crippen LogP contribution in [0.1, 0.15) is 32.4 Å². The van der Waals surface area contributed by atoms with Crippen molar-refractivity contribution >= 4 is 51.7 Å². The second-order valence-electron chi connectivity index (χ2n) is 6.11. The maximum Gasteiger partial charge on any atom is 0.226 e. The van der Waals surface area contributed by atoms with Crippen LogP contribution in [0.15, 0.2) is 24.5 Å². The molecule has 1 aromatic carbocycles. The van der Waals surface area contributed by atoms with Crippen LogP contribution in [0.25, 0.3) is 11.2 Å². The molecule has 0 bridgehead atoms. The molecular weight excluding hydrogens is 361 g/mol. The normalized spacial score (nSPS) is 11.3. The van der Waals surface area contributed by atoms with Crippen molar-refractivity contribution in [2.45, 2.75) is 33.2 Å². The Bertz CT molecular complexity index is 952. The monoisotopic (exact) mass is 377 g/mol. The fourth-order valence-electron chi connectivity index (χ4n) is 2.60. The molecule has 25 heavy (non-hydrogen) atoms. The minimum Gasteiger partial charge on any atom is -0.338 e. The van der Waals surface area contributed by atoms with Crippen LogP contribution in [0, 0.1) is 0 Å². The van der Waals surface area contributed by atoms with Crippen LogP contribution in [-0.4, -0.2) is 25.3 Å². The van der Waals surface area contributed by atoms with Crippen LogP contribution >= 0.6 is 23.2 Å². The summed E-state index contributed by atoms with van der Waals surface area (Å²) in [5, 5.41) is 3.85. The lowest BCUT2D eigenvalue weighted by molar-refractivity contribution is -0.116. The maximum atomic E-state index is 11.4. The number of rotatable bonds is 5. The van der Waals surface area contributed by atoms with Gasteiger partial charge < -0.3 is 9.88 Å². The molecule has 0 atom stereocenters. The first-order valence-electron chi connectivity index (χ1n) is 7.79. The molecule has 0 saturated carbocycles. The summed E-state index contributed by atoms with van der Waals surface area (Å²) in [6.07, 6.45) is 2.03. The standard InChI is InChI=1S/C17H17Cl2N5O/c1-9(2)24-8-20-14-15(22-17(19)23-16(14)24)21-13-6-11(4-10(3)25)5-12(18)7-13/h5-9H,4H2,1-3H3,(H,21,22,23). The molecule has 0 unspecified atom stereocenters. The van der Waals surface area contributed by atoms with E-state index in [0.29, 0.717) is 34.1 Å². The summed E-state index contributed by atoms with van der Waals surface area (Å²) in [6, 6.07) is 5.57. The highest BCUT2D eigenvalue weighted by atomic mass is 35.5. The zero-order valence-electron chi connectivity index (χ0n) is 14.0. The molecule has 6 nitrogen and oxygen atoms in total. The second-order valence-corrected chi connectivity index (χ2v) is 6.89. The van der Waals surface area contributed by atoms with Gasteiger partial charge in [0.1, 0.15) is 5.78 Å². The quantitative estimate of drug-likeness (QED) is 0.658. The third-order valence-electron chi connectivity index (χ3n) is 3.62. The average molecular weight is 378 g/mol. The Morgan fingerprint density at radius 2 is 2.00 bits per heavy atom. The minimum absolute atomic E-state index is 0.0661. The number of nitrogens with zero attached hydrogens (tertiary/aromatic N) is 4. The molecule has 0 fully saturated rings. The molecule has 0 radical (unpaired) electrons. The predicted octanol–water partition coefficient (Wildman–Crippen LogP) is 4.59. The second kappa shape index (κ2) is 6.98. The molecule has 0 spiro atoms. The van der Waals surface area contributed by atoms with Gasteiger partial charge in [-0.2, -0.15) is 9.97 Å². The summed E-state index contributed by atoms with van der Waals surface area (Å²) in [7, 11) is 0. The predicted molar refractivity (Wildman–Crippen MR) is 99.8 cm³/mol. The lowest BCUT2D eigenvalue weighted by atomic mass is 10.1. The van der Waals surface area contributed by atoms with E-state index in [1.54, 1.807) is 25.4 Å². The van der Waals surface area contributed by atoms with Crippen LogP contribution in [0.4, 0.5) is 11.5 Å². The van der Waals surface area contributed by atoms with Crippen LogP contribution < -0.4 is 5.32 Å². The summed E-state index contributed by atoms with van der Waals surface area (Å²) in [5.74, 6) is 0.557. The number of Topliss-reactive ketones (excluding diaryl/α,β-unsaturated/α-hetero) is 1. The lowest BCUT2D eigenvalue weighted by Crippen LogP contribution is -2.03. The molecule has 0 aliphatic carbocycles. The molecule has 0 aliphatic heterocycles. The van der Waals surface area contributed by atoms with Crippen LogP contribution in [0.5, 0.6) is 0 Å². The van der Waals surface area contributed by atoms with E-state index in [1.165, 1.54) is 0 Å². The third-order valence-corrected chi connectivity index (χ3v) is 4.01. The van der Waals surface area contributed by atoms with Crippen molar-refractivity contribution in [3.63, 3.8) is 0 Å². The number of imidazole rings is 1. The number of halogens is 2. The number of hydrogen-bond acceptors (Lipinski definition) is 5. The molecule has 8 heteroatoms. The molecule has 130 valence electrons. The van der Waals surface area contributed by atoms with Crippen LogP contribution in [0.3, 0.4) is 0 Å². The highest BCUT2D eigenvalue weighted by Gasteiger charge is 2.15. The van der Waals surface area contributed by atoms with Gasteiger partial charge in [-0.05, 0) is 56.1 Å².